The number of aromatic nitrogens is 1. The number of hydrogen-bond acceptors (Lipinski definition) is 4. The van der Waals surface area contributed by atoms with Crippen molar-refractivity contribution < 1.29 is 4.42 Å². The van der Waals surface area contributed by atoms with Crippen LogP contribution >= 0.6 is 0 Å². The molecule has 0 unspecified atom stereocenters. The van der Waals surface area contributed by atoms with Crippen molar-refractivity contribution in [3.63, 3.8) is 0 Å². The summed E-state index contributed by atoms with van der Waals surface area (Å²) in [7, 11) is 0. The number of amidine groups is 1. The fourth-order valence-corrected chi connectivity index (χ4v) is 1.62. The summed E-state index contributed by atoms with van der Waals surface area (Å²) >= 11 is 0. The second-order valence-electron chi connectivity index (χ2n) is 3.47. The number of nitrogens with zero attached hydrogens (tertiary/aromatic N) is 2. The summed E-state index contributed by atoms with van der Waals surface area (Å²) < 4.78 is 5.35. The van der Waals surface area contributed by atoms with Gasteiger partial charge in [0.25, 0.3) is 6.01 Å². The Labute approximate surface area is 82.4 Å². The van der Waals surface area contributed by atoms with Crippen LogP contribution in [0.15, 0.2) is 10.6 Å². The van der Waals surface area contributed by atoms with Crippen LogP contribution in [0.25, 0.3) is 0 Å². The van der Waals surface area contributed by atoms with Crippen LogP contribution in [0.3, 0.4) is 0 Å². The molecule has 1 aromatic heterocycles. The summed E-state index contributed by atoms with van der Waals surface area (Å²) in [5.74, 6) is 0.284. The van der Waals surface area contributed by atoms with Crippen molar-refractivity contribution in [1.29, 1.82) is 5.41 Å². The molecule has 0 aromatic carbocycles. The van der Waals surface area contributed by atoms with Gasteiger partial charge >= 0.3 is 0 Å². The highest BCUT2D eigenvalue weighted by Gasteiger charge is 2.16. The molecule has 0 radical (unpaired) electrons. The topological polar surface area (TPSA) is 79.1 Å². The van der Waals surface area contributed by atoms with E-state index in [1.807, 2.05) is 0 Å². The smallest absolute Gasteiger partial charge is 0.297 e. The molecular weight excluding hydrogens is 180 g/mol. The zero-order valence-corrected chi connectivity index (χ0v) is 7.99. The first kappa shape index (κ1) is 9.05. The first-order valence-electron chi connectivity index (χ1n) is 4.82. The molecule has 2 heterocycles. The molecule has 1 aliphatic heterocycles. The van der Waals surface area contributed by atoms with E-state index in [1.54, 1.807) is 0 Å². The molecule has 1 aliphatic rings. The molecule has 0 saturated carbocycles. The minimum atomic E-state index is -0.0687. The summed E-state index contributed by atoms with van der Waals surface area (Å²) in [6.07, 6.45) is 5.14. The average molecular weight is 194 g/mol. The highest BCUT2D eigenvalue weighted by atomic mass is 16.4. The van der Waals surface area contributed by atoms with Crippen LogP contribution in [-0.2, 0) is 0 Å². The van der Waals surface area contributed by atoms with Crippen LogP contribution in [0.5, 0.6) is 0 Å². The number of oxazole rings is 1. The zero-order valence-electron chi connectivity index (χ0n) is 7.99. The van der Waals surface area contributed by atoms with Crippen molar-refractivity contribution in [1.82, 2.24) is 4.98 Å². The van der Waals surface area contributed by atoms with Gasteiger partial charge in [-0.25, -0.2) is 4.98 Å². The first-order chi connectivity index (χ1) is 6.77. The van der Waals surface area contributed by atoms with Crippen LogP contribution in [0.4, 0.5) is 6.01 Å². The monoisotopic (exact) mass is 194 g/mol. The number of hydrogen-bond donors (Lipinski definition) is 2. The summed E-state index contributed by atoms with van der Waals surface area (Å²) in [4.78, 5) is 6.19. The third-order valence-corrected chi connectivity index (χ3v) is 2.39. The van der Waals surface area contributed by atoms with Crippen LogP contribution in [-0.4, -0.2) is 23.9 Å². The SMILES string of the molecule is N=C(N)c1cnc(N2CCCCC2)o1. The minimum absolute atomic E-state index is 0.0687. The van der Waals surface area contributed by atoms with Crippen molar-refractivity contribution in [2.75, 3.05) is 18.0 Å². The van der Waals surface area contributed by atoms with Crippen LogP contribution in [0.2, 0.25) is 0 Å². The van der Waals surface area contributed by atoms with Crippen molar-refractivity contribution in [3.05, 3.63) is 12.0 Å². The van der Waals surface area contributed by atoms with Crippen molar-refractivity contribution in [2.24, 2.45) is 5.73 Å². The van der Waals surface area contributed by atoms with E-state index < -0.39 is 0 Å². The Morgan fingerprint density at radius 3 is 2.71 bits per heavy atom. The van der Waals surface area contributed by atoms with E-state index in [0.717, 1.165) is 13.1 Å². The maximum atomic E-state index is 7.19. The van der Waals surface area contributed by atoms with E-state index in [9.17, 15) is 0 Å². The van der Waals surface area contributed by atoms with Gasteiger partial charge in [-0.05, 0) is 19.3 Å². The highest BCUT2D eigenvalue weighted by Crippen LogP contribution is 2.18. The minimum Gasteiger partial charge on any atom is -0.420 e. The predicted octanol–water partition coefficient (Wildman–Crippen LogP) is 0.949. The third-order valence-electron chi connectivity index (χ3n) is 2.39. The second kappa shape index (κ2) is 3.69. The zero-order chi connectivity index (χ0) is 9.97. The predicted molar refractivity (Wildman–Crippen MR) is 53.6 cm³/mol. The highest BCUT2D eigenvalue weighted by molar-refractivity contribution is 5.92. The standard InChI is InChI=1S/C9H14N4O/c10-8(11)7-6-12-9(14-7)13-4-2-1-3-5-13/h6H,1-5H2,(H3,10,11). The van der Waals surface area contributed by atoms with Crippen molar-refractivity contribution in [2.45, 2.75) is 19.3 Å². The molecule has 5 heteroatoms. The average Bonchev–Trinajstić information content (AvgIpc) is 2.68. The Balaban J connectivity index is 2.11. The Morgan fingerprint density at radius 1 is 1.43 bits per heavy atom. The lowest BCUT2D eigenvalue weighted by molar-refractivity contribution is 0.487. The van der Waals surface area contributed by atoms with Gasteiger partial charge in [0.15, 0.2) is 11.6 Å². The number of nitrogens with two attached hydrogens (primary N) is 1. The number of nitrogen functional groups attached to an aromatic ring is 1. The van der Waals surface area contributed by atoms with Gasteiger partial charge < -0.3 is 15.1 Å². The Kier molecular flexibility index (Phi) is 2.39. The van der Waals surface area contributed by atoms with Crippen LogP contribution < -0.4 is 10.6 Å². The number of anilines is 1. The Bertz CT molecular complexity index is 327. The lowest BCUT2D eigenvalue weighted by Gasteiger charge is -2.24. The molecule has 1 saturated heterocycles. The molecule has 0 atom stereocenters. The van der Waals surface area contributed by atoms with E-state index in [4.69, 9.17) is 15.6 Å². The van der Waals surface area contributed by atoms with Gasteiger partial charge in [-0.1, -0.05) is 0 Å². The maximum Gasteiger partial charge on any atom is 0.297 e. The molecule has 2 rings (SSSR count). The fourth-order valence-electron chi connectivity index (χ4n) is 1.62. The summed E-state index contributed by atoms with van der Waals surface area (Å²) in [6, 6.07) is 0.592. The molecule has 0 bridgehead atoms. The molecular formula is C9H14N4O. The van der Waals surface area contributed by atoms with Gasteiger partial charge in [0.2, 0.25) is 0 Å². The van der Waals surface area contributed by atoms with E-state index in [2.05, 4.69) is 9.88 Å². The lowest BCUT2D eigenvalue weighted by atomic mass is 10.1. The van der Waals surface area contributed by atoms with Gasteiger partial charge in [-0.2, -0.15) is 0 Å². The summed E-state index contributed by atoms with van der Waals surface area (Å²) in [5.41, 5.74) is 5.29. The quantitative estimate of drug-likeness (QED) is 0.542. The molecule has 76 valence electrons. The van der Waals surface area contributed by atoms with Gasteiger partial charge in [-0.15, -0.1) is 0 Å². The van der Waals surface area contributed by atoms with Gasteiger partial charge in [-0.3, -0.25) is 5.41 Å². The normalized spacial score (nSPS) is 17.0. The summed E-state index contributed by atoms with van der Waals surface area (Å²) in [6.45, 7) is 1.97. The molecule has 0 spiro atoms. The molecule has 5 nitrogen and oxygen atoms in total. The van der Waals surface area contributed by atoms with Gasteiger partial charge in [0.05, 0.1) is 6.20 Å². The lowest BCUT2D eigenvalue weighted by Crippen LogP contribution is -2.29. The van der Waals surface area contributed by atoms with Crippen LogP contribution in [0.1, 0.15) is 25.0 Å². The van der Waals surface area contributed by atoms with E-state index in [-0.39, 0.29) is 5.84 Å². The van der Waals surface area contributed by atoms with Crippen molar-refractivity contribution in [3.8, 4) is 0 Å². The van der Waals surface area contributed by atoms with Gasteiger partial charge in [0.1, 0.15) is 0 Å². The maximum absolute atomic E-state index is 7.19. The Morgan fingerprint density at radius 2 is 2.14 bits per heavy atom. The van der Waals surface area contributed by atoms with E-state index in [0.29, 0.717) is 11.8 Å². The largest absolute Gasteiger partial charge is 0.420 e. The first-order valence-corrected chi connectivity index (χ1v) is 4.82. The second-order valence-corrected chi connectivity index (χ2v) is 3.47. The van der Waals surface area contributed by atoms with E-state index >= 15 is 0 Å². The number of nitrogens with one attached hydrogen (secondary N) is 1. The Hall–Kier alpha value is -1.52. The summed E-state index contributed by atoms with van der Waals surface area (Å²) in [5, 5.41) is 7.19. The third kappa shape index (κ3) is 1.71. The molecule has 1 fully saturated rings. The molecule has 0 aliphatic carbocycles. The van der Waals surface area contributed by atoms with Crippen molar-refractivity contribution >= 4 is 11.9 Å². The number of piperidine rings is 1. The fraction of sp³-hybridized carbons (Fsp3) is 0.556. The molecule has 3 N–H and O–H groups in total. The number of rotatable bonds is 2. The van der Waals surface area contributed by atoms with Gasteiger partial charge in [0, 0.05) is 13.1 Å². The molecule has 14 heavy (non-hydrogen) atoms. The molecule has 0 amide bonds. The van der Waals surface area contributed by atoms with E-state index in [1.165, 1.54) is 25.5 Å². The molecule has 1 aromatic rings. The van der Waals surface area contributed by atoms with Crippen LogP contribution in [0, 0.1) is 5.41 Å².